The lowest BCUT2D eigenvalue weighted by atomic mass is 10.1. The standard InChI is InChI=1S/C13H19N5O2/c1-8-10(19)18(12(20)17(8)9-5-6-9)11-14-7-16(15-11)13(2,3)4/h7-9H,5-6H2,1-4H3/t8-/m1/s1. The van der Waals surface area contributed by atoms with Gasteiger partial charge in [0.1, 0.15) is 12.4 Å². The molecule has 0 radical (unpaired) electrons. The SMILES string of the molecule is C[C@@H]1C(=O)N(c2ncn(C(C)(C)C)n2)C(=O)N1C1CC1. The summed E-state index contributed by atoms with van der Waals surface area (Å²) < 4.78 is 1.66. The van der Waals surface area contributed by atoms with Crippen molar-refractivity contribution in [2.75, 3.05) is 4.90 Å². The van der Waals surface area contributed by atoms with Gasteiger partial charge in [0.05, 0.1) is 5.54 Å². The second kappa shape index (κ2) is 4.04. The fraction of sp³-hybridized carbons (Fsp3) is 0.692. The van der Waals surface area contributed by atoms with Crippen LogP contribution in [-0.2, 0) is 10.3 Å². The van der Waals surface area contributed by atoms with Gasteiger partial charge in [-0.25, -0.2) is 9.48 Å². The van der Waals surface area contributed by atoms with E-state index in [4.69, 9.17) is 0 Å². The summed E-state index contributed by atoms with van der Waals surface area (Å²) in [6, 6.07) is -0.510. The van der Waals surface area contributed by atoms with Gasteiger partial charge < -0.3 is 4.90 Å². The van der Waals surface area contributed by atoms with Crippen LogP contribution in [-0.4, -0.2) is 43.7 Å². The Hall–Kier alpha value is -1.92. The molecule has 2 heterocycles. The minimum Gasteiger partial charge on any atom is -0.309 e. The summed E-state index contributed by atoms with van der Waals surface area (Å²) in [6.07, 6.45) is 3.50. The summed E-state index contributed by atoms with van der Waals surface area (Å²) >= 11 is 0. The summed E-state index contributed by atoms with van der Waals surface area (Å²) in [4.78, 5) is 31.6. The Balaban J connectivity index is 1.92. The lowest BCUT2D eigenvalue weighted by molar-refractivity contribution is -0.119. The van der Waals surface area contributed by atoms with Gasteiger partial charge in [0.2, 0.25) is 0 Å². The smallest absolute Gasteiger partial charge is 0.309 e. The first-order chi connectivity index (χ1) is 9.30. The van der Waals surface area contributed by atoms with E-state index in [9.17, 15) is 9.59 Å². The highest BCUT2D eigenvalue weighted by molar-refractivity contribution is 6.20. The van der Waals surface area contributed by atoms with Crippen LogP contribution in [0.1, 0.15) is 40.5 Å². The minimum atomic E-state index is -0.420. The monoisotopic (exact) mass is 277 g/mol. The first-order valence-corrected chi connectivity index (χ1v) is 6.89. The molecular weight excluding hydrogens is 258 g/mol. The highest BCUT2D eigenvalue weighted by Gasteiger charge is 2.50. The number of aromatic nitrogens is 3. The second-order valence-corrected chi connectivity index (χ2v) is 6.43. The van der Waals surface area contributed by atoms with E-state index in [-0.39, 0.29) is 29.5 Å². The van der Waals surface area contributed by atoms with Crippen molar-refractivity contribution in [3.8, 4) is 0 Å². The minimum absolute atomic E-state index is 0.171. The number of nitrogens with zero attached hydrogens (tertiary/aromatic N) is 5. The maximum atomic E-state index is 12.4. The molecule has 0 aromatic carbocycles. The highest BCUT2D eigenvalue weighted by Crippen LogP contribution is 2.34. The highest BCUT2D eigenvalue weighted by atomic mass is 16.2. The zero-order chi connectivity index (χ0) is 14.7. The van der Waals surface area contributed by atoms with Gasteiger partial charge in [-0.15, -0.1) is 5.10 Å². The Morgan fingerprint density at radius 1 is 1.25 bits per heavy atom. The van der Waals surface area contributed by atoms with Crippen LogP contribution < -0.4 is 4.90 Å². The zero-order valence-electron chi connectivity index (χ0n) is 12.2. The van der Waals surface area contributed by atoms with E-state index in [1.165, 1.54) is 0 Å². The van der Waals surface area contributed by atoms with Crippen molar-refractivity contribution in [3.63, 3.8) is 0 Å². The number of anilines is 1. The van der Waals surface area contributed by atoms with Gasteiger partial charge in [0, 0.05) is 6.04 Å². The number of hydrogen-bond acceptors (Lipinski definition) is 4. The molecule has 0 spiro atoms. The molecule has 3 rings (SSSR count). The van der Waals surface area contributed by atoms with Gasteiger partial charge in [-0.2, -0.15) is 9.88 Å². The maximum absolute atomic E-state index is 12.4. The van der Waals surface area contributed by atoms with E-state index >= 15 is 0 Å². The molecule has 1 aromatic rings. The first kappa shape index (κ1) is 13.1. The predicted octanol–water partition coefficient (Wildman–Crippen LogP) is 1.35. The fourth-order valence-corrected chi connectivity index (χ4v) is 2.37. The van der Waals surface area contributed by atoms with Crippen molar-refractivity contribution >= 4 is 17.9 Å². The fourth-order valence-electron chi connectivity index (χ4n) is 2.37. The maximum Gasteiger partial charge on any atom is 0.334 e. The van der Waals surface area contributed by atoms with Crippen LogP contribution in [0.15, 0.2) is 6.33 Å². The van der Waals surface area contributed by atoms with Crippen molar-refractivity contribution in [2.24, 2.45) is 0 Å². The van der Waals surface area contributed by atoms with E-state index < -0.39 is 6.04 Å². The molecular formula is C13H19N5O2. The van der Waals surface area contributed by atoms with Gasteiger partial charge >= 0.3 is 6.03 Å². The largest absolute Gasteiger partial charge is 0.334 e. The Morgan fingerprint density at radius 2 is 1.90 bits per heavy atom. The Morgan fingerprint density at radius 3 is 2.40 bits per heavy atom. The van der Waals surface area contributed by atoms with Crippen LogP contribution in [0.3, 0.4) is 0 Å². The van der Waals surface area contributed by atoms with Crippen molar-refractivity contribution in [2.45, 2.75) is 58.2 Å². The average Bonchev–Trinajstić information content (AvgIpc) is 2.98. The zero-order valence-corrected chi connectivity index (χ0v) is 12.2. The molecule has 0 bridgehead atoms. The molecule has 2 aliphatic rings. The molecule has 0 N–H and O–H groups in total. The first-order valence-electron chi connectivity index (χ1n) is 6.89. The Labute approximate surface area is 117 Å². The quantitative estimate of drug-likeness (QED) is 0.765. The van der Waals surface area contributed by atoms with Crippen molar-refractivity contribution in [3.05, 3.63) is 6.33 Å². The molecule has 7 nitrogen and oxygen atoms in total. The van der Waals surface area contributed by atoms with Crippen molar-refractivity contribution in [1.82, 2.24) is 19.7 Å². The van der Waals surface area contributed by atoms with E-state index in [1.807, 2.05) is 20.8 Å². The summed E-state index contributed by atoms with van der Waals surface area (Å²) in [5, 5.41) is 4.28. The summed E-state index contributed by atoms with van der Waals surface area (Å²) in [6.45, 7) is 7.72. The van der Waals surface area contributed by atoms with Gasteiger partial charge in [-0.3, -0.25) is 4.79 Å². The van der Waals surface area contributed by atoms with Crippen LogP contribution in [0.2, 0.25) is 0 Å². The number of amides is 3. The van der Waals surface area contributed by atoms with E-state index in [1.54, 1.807) is 22.8 Å². The normalized spacial score (nSPS) is 23.9. The molecule has 7 heteroatoms. The van der Waals surface area contributed by atoms with E-state index in [0.717, 1.165) is 17.7 Å². The van der Waals surface area contributed by atoms with Gasteiger partial charge in [0.15, 0.2) is 0 Å². The molecule has 1 saturated heterocycles. The summed E-state index contributed by atoms with van der Waals surface area (Å²) in [5.41, 5.74) is -0.237. The summed E-state index contributed by atoms with van der Waals surface area (Å²) in [7, 11) is 0. The number of imide groups is 1. The van der Waals surface area contributed by atoms with E-state index in [0.29, 0.717) is 0 Å². The third-order valence-electron chi connectivity index (χ3n) is 3.71. The van der Waals surface area contributed by atoms with Crippen LogP contribution in [0.25, 0.3) is 0 Å². The Bertz CT molecular complexity index is 570. The van der Waals surface area contributed by atoms with Crippen molar-refractivity contribution < 1.29 is 9.59 Å². The number of carbonyl (C=O) groups excluding carboxylic acids is 2. The molecule has 2 fully saturated rings. The third-order valence-corrected chi connectivity index (χ3v) is 3.71. The number of carbonyl (C=O) groups is 2. The third kappa shape index (κ3) is 1.88. The van der Waals surface area contributed by atoms with Crippen LogP contribution in [0.4, 0.5) is 10.7 Å². The molecule has 0 unspecified atom stereocenters. The lowest BCUT2D eigenvalue weighted by Crippen LogP contribution is -2.36. The predicted molar refractivity (Wildman–Crippen MR) is 72.2 cm³/mol. The van der Waals surface area contributed by atoms with Gasteiger partial charge in [0.25, 0.3) is 11.9 Å². The van der Waals surface area contributed by atoms with Crippen LogP contribution in [0, 0.1) is 0 Å². The molecule has 3 amide bonds. The van der Waals surface area contributed by atoms with Crippen LogP contribution in [0.5, 0.6) is 0 Å². The molecule has 20 heavy (non-hydrogen) atoms. The Kier molecular flexibility index (Phi) is 2.64. The molecule has 1 aliphatic heterocycles. The molecule has 108 valence electrons. The topological polar surface area (TPSA) is 71.3 Å². The molecule has 1 aliphatic carbocycles. The van der Waals surface area contributed by atoms with Gasteiger partial charge in [-0.05, 0) is 40.5 Å². The van der Waals surface area contributed by atoms with Gasteiger partial charge in [-0.1, -0.05) is 0 Å². The van der Waals surface area contributed by atoms with Crippen molar-refractivity contribution in [1.29, 1.82) is 0 Å². The number of rotatable bonds is 2. The van der Waals surface area contributed by atoms with E-state index in [2.05, 4.69) is 10.1 Å². The van der Waals surface area contributed by atoms with Crippen LogP contribution >= 0.6 is 0 Å². The molecule has 1 saturated carbocycles. The second-order valence-electron chi connectivity index (χ2n) is 6.43. The average molecular weight is 277 g/mol. The lowest BCUT2D eigenvalue weighted by Gasteiger charge is -2.18. The molecule has 1 atom stereocenters. The number of hydrogen-bond donors (Lipinski definition) is 0. The summed E-state index contributed by atoms with van der Waals surface area (Å²) in [5.74, 6) is -0.0708. The number of urea groups is 1. The molecule has 1 aromatic heterocycles.